The average Bonchev–Trinajstić information content (AvgIpc) is 2.24. The Kier molecular flexibility index (Phi) is 17.1. The number of hydrogen-bond acceptors (Lipinski definition) is 6. The summed E-state index contributed by atoms with van der Waals surface area (Å²) in [6.45, 7) is 4.08. The molecule has 8 heteroatoms. The van der Waals surface area contributed by atoms with Gasteiger partial charge in [0.2, 0.25) is 0 Å². The molecule has 7 nitrogen and oxygen atoms in total. The predicted octanol–water partition coefficient (Wildman–Crippen LogP) is -4.52. The molecule has 0 heterocycles. The van der Waals surface area contributed by atoms with E-state index in [9.17, 15) is 19.5 Å². The Hall–Kier alpha value is -1.15. The van der Waals surface area contributed by atoms with Crippen molar-refractivity contribution in [1.29, 1.82) is 0 Å². The zero-order chi connectivity index (χ0) is 13.8. The Labute approximate surface area is 126 Å². The van der Waals surface area contributed by atoms with Crippen molar-refractivity contribution >= 4 is 17.9 Å². The van der Waals surface area contributed by atoms with Gasteiger partial charge in [0.05, 0.1) is 12.6 Å². The van der Waals surface area contributed by atoms with Gasteiger partial charge < -0.3 is 24.9 Å². The summed E-state index contributed by atoms with van der Waals surface area (Å²) in [6.07, 6.45) is 1.44. The molecule has 0 aliphatic carbocycles. The summed E-state index contributed by atoms with van der Waals surface area (Å²) in [5.41, 5.74) is 0.0648. The summed E-state index contributed by atoms with van der Waals surface area (Å²) in [5, 5.41) is 25.7. The van der Waals surface area contributed by atoms with Crippen LogP contribution in [0.25, 0.3) is 0 Å². The van der Waals surface area contributed by atoms with E-state index in [0.717, 1.165) is 6.08 Å². The van der Waals surface area contributed by atoms with Gasteiger partial charge in [0.1, 0.15) is 6.61 Å². The molecule has 0 aromatic carbocycles. The van der Waals surface area contributed by atoms with Crippen molar-refractivity contribution in [3.8, 4) is 0 Å². The van der Waals surface area contributed by atoms with Gasteiger partial charge in [-0.15, -0.1) is 0 Å². The number of ether oxygens (including phenoxy) is 1. The molecule has 0 atom stereocenters. The number of rotatable bonds is 5. The molecule has 0 spiro atoms. The van der Waals surface area contributed by atoms with Crippen LogP contribution in [-0.2, 0) is 19.1 Å². The molecule has 0 saturated heterocycles. The fraction of sp³-hybridized carbons (Fsp3) is 0.300. The normalized spacial score (nSPS) is 8.56. The van der Waals surface area contributed by atoms with Crippen LogP contribution >= 0.6 is 0 Å². The second-order valence-corrected chi connectivity index (χ2v) is 2.63. The first-order chi connectivity index (χ1) is 7.81. The maximum absolute atomic E-state index is 10.4. The van der Waals surface area contributed by atoms with Crippen LogP contribution in [0.3, 0.4) is 0 Å². The predicted molar refractivity (Wildman–Crippen MR) is 54.6 cm³/mol. The van der Waals surface area contributed by atoms with E-state index in [1.54, 1.807) is 0 Å². The number of carboxylic acid groups (broad SMARTS) is 2. The third-order valence-electron chi connectivity index (χ3n) is 1.05. The van der Waals surface area contributed by atoms with Gasteiger partial charge in [-0.25, -0.2) is 9.59 Å². The van der Waals surface area contributed by atoms with Gasteiger partial charge in [0.15, 0.2) is 0 Å². The smallest absolute Gasteiger partial charge is 0.545 e. The number of aliphatic carboxylic acids is 2. The molecule has 0 aromatic heterocycles. The minimum absolute atomic E-state index is 0. The molecule has 0 aliphatic heterocycles. The van der Waals surface area contributed by atoms with E-state index in [0.29, 0.717) is 6.08 Å². The summed E-state index contributed by atoms with van der Waals surface area (Å²) < 4.78 is 4.30. The molecule has 0 rings (SSSR count). The maximum atomic E-state index is 10.4. The third-order valence-corrected chi connectivity index (χ3v) is 1.05. The van der Waals surface area contributed by atoms with Crippen LogP contribution < -0.4 is 34.7 Å². The minimum Gasteiger partial charge on any atom is -0.545 e. The van der Waals surface area contributed by atoms with E-state index in [4.69, 9.17) is 10.2 Å². The second kappa shape index (κ2) is 13.9. The first kappa shape index (κ1) is 22.1. The van der Waals surface area contributed by atoms with Crippen molar-refractivity contribution in [2.24, 2.45) is 0 Å². The van der Waals surface area contributed by atoms with Crippen molar-refractivity contribution in [1.82, 2.24) is 0 Å². The van der Waals surface area contributed by atoms with Crippen LogP contribution in [0.1, 0.15) is 6.92 Å². The molecular weight excluding hydrogens is 255 g/mol. The van der Waals surface area contributed by atoms with Crippen LogP contribution in [0.4, 0.5) is 0 Å². The number of carboxylic acids is 2. The van der Waals surface area contributed by atoms with E-state index in [-0.39, 0.29) is 48.3 Å². The third kappa shape index (κ3) is 20.3. The molecular formula is C10H13NaO7. The Morgan fingerprint density at radius 3 is 2.06 bits per heavy atom. The molecule has 0 radical (unpaired) electrons. The summed E-state index contributed by atoms with van der Waals surface area (Å²) in [5.74, 6) is -3.18. The number of esters is 1. The quantitative estimate of drug-likeness (QED) is 0.292. The van der Waals surface area contributed by atoms with Crippen LogP contribution in [0, 0.1) is 0 Å². The fourth-order valence-corrected chi connectivity index (χ4v) is 0.334. The molecule has 0 unspecified atom stereocenters. The van der Waals surface area contributed by atoms with Crippen LogP contribution in [-0.4, -0.2) is 41.3 Å². The molecule has 0 fully saturated rings. The Balaban J connectivity index is -0.000000277. The van der Waals surface area contributed by atoms with Gasteiger partial charge in [0.25, 0.3) is 0 Å². The van der Waals surface area contributed by atoms with Crippen LogP contribution in [0.15, 0.2) is 24.3 Å². The number of hydrogen-bond donors (Lipinski definition) is 2. The average molecular weight is 268 g/mol. The Morgan fingerprint density at radius 1 is 1.33 bits per heavy atom. The van der Waals surface area contributed by atoms with Crippen molar-refractivity contribution < 1.29 is 64.0 Å². The first-order valence-corrected chi connectivity index (χ1v) is 4.36. The summed E-state index contributed by atoms with van der Waals surface area (Å²) in [7, 11) is 0. The van der Waals surface area contributed by atoms with E-state index in [2.05, 4.69) is 11.3 Å². The standard InChI is InChI=1S/C6H8O5.C4H6O2.Na/c7-3-4-11-6(10)2-1-5(8)9;1-3(2)4(5)6;/h1-2,7H,3-4H2,(H,8,9);1H2,2H3,(H,5,6);/q;;+1/p-1/b2-1-;;. The van der Waals surface area contributed by atoms with E-state index in [1.165, 1.54) is 6.92 Å². The topological polar surface area (TPSA) is 124 Å². The van der Waals surface area contributed by atoms with Gasteiger partial charge in [-0.3, -0.25) is 0 Å². The molecule has 0 aliphatic rings. The van der Waals surface area contributed by atoms with Crippen LogP contribution in [0.2, 0.25) is 0 Å². The van der Waals surface area contributed by atoms with Gasteiger partial charge in [-0.05, 0) is 12.5 Å². The largest absolute Gasteiger partial charge is 1.00 e. The number of aliphatic hydroxyl groups is 1. The minimum atomic E-state index is -1.22. The zero-order valence-electron chi connectivity index (χ0n) is 10.2. The zero-order valence-corrected chi connectivity index (χ0v) is 12.2. The fourth-order valence-electron chi connectivity index (χ4n) is 0.334. The van der Waals surface area contributed by atoms with Crippen molar-refractivity contribution in [3.63, 3.8) is 0 Å². The monoisotopic (exact) mass is 268 g/mol. The first-order valence-electron chi connectivity index (χ1n) is 4.36. The van der Waals surface area contributed by atoms with E-state index < -0.39 is 17.9 Å². The number of aliphatic hydroxyl groups excluding tert-OH is 1. The summed E-state index contributed by atoms with van der Waals surface area (Å²) >= 11 is 0. The molecule has 0 saturated carbocycles. The second-order valence-electron chi connectivity index (χ2n) is 2.63. The summed E-state index contributed by atoms with van der Waals surface area (Å²) in [6, 6.07) is 0. The Morgan fingerprint density at radius 2 is 1.78 bits per heavy atom. The van der Waals surface area contributed by atoms with Crippen molar-refractivity contribution in [2.45, 2.75) is 6.92 Å². The SMILES string of the molecule is C=C(C)C(=O)[O-].O=C(O)/C=C\C(=O)OCCO.[Na+]. The molecule has 0 aromatic rings. The van der Waals surface area contributed by atoms with Gasteiger partial charge in [-0.2, -0.15) is 0 Å². The molecule has 0 amide bonds. The van der Waals surface area contributed by atoms with E-state index in [1.807, 2.05) is 0 Å². The molecule has 2 N–H and O–H groups in total. The maximum Gasteiger partial charge on any atom is 1.00 e. The number of carbonyl (C=O) groups is 3. The van der Waals surface area contributed by atoms with Gasteiger partial charge in [0, 0.05) is 12.2 Å². The van der Waals surface area contributed by atoms with Crippen LogP contribution in [0.5, 0.6) is 0 Å². The Bertz CT molecular complexity index is 310. The van der Waals surface area contributed by atoms with Gasteiger partial charge in [-0.1, -0.05) is 6.58 Å². The number of carbonyl (C=O) groups excluding carboxylic acids is 2. The van der Waals surface area contributed by atoms with Crippen molar-refractivity contribution in [3.05, 3.63) is 24.3 Å². The van der Waals surface area contributed by atoms with Crippen molar-refractivity contribution in [2.75, 3.05) is 13.2 Å². The van der Waals surface area contributed by atoms with Gasteiger partial charge >= 0.3 is 41.5 Å². The molecule has 96 valence electrons. The van der Waals surface area contributed by atoms with E-state index >= 15 is 0 Å². The molecule has 18 heavy (non-hydrogen) atoms. The summed E-state index contributed by atoms with van der Waals surface area (Å²) in [4.78, 5) is 29.7. The molecule has 0 bridgehead atoms.